The Balaban J connectivity index is 1.21. The topological polar surface area (TPSA) is 97.9 Å². The first-order valence-corrected chi connectivity index (χ1v) is 17.2. The third-order valence-electron chi connectivity index (χ3n) is 9.39. The van der Waals surface area contributed by atoms with Crippen molar-refractivity contribution in [3.05, 3.63) is 113 Å². The number of benzene rings is 3. The summed E-state index contributed by atoms with van der Waals surface area (Å²) in [5, 5.41) is 5.78. The van der Waals surface area contributed by atoms with Crippen LogP contribution < -0.4 is 15.5 Å². The number of pyridine rings is 1. The molecule has 2 saturated heterocycles. The SMILES string of the molecule is CC(=O)N1CCN(Cc2cccc(C(=O)Nc3ccc(N4CCCCC4)cc3-c3cc(C(=O)NCc4cccc(C(F)(F)F)c4)ccn3)c2)CC1. The third-order valence-corrected chi connectivity index (χ3v) is 9.39. The Labute approximate surface area is 295 Å². The molecule has 0 radical (unpaired) electrons. The van der Waals surface area contributed by atoms with E-state index in [1.807, 2.05) is 41.3 Å². The van der Waals surface area contributed by atoms with Gasteiger partial charge < -0.3 is 20.4 Å². The number of rotatable bonds is 9. The quantitative estimate of drug-likeness (QED) is 0.205. The van der Waals surface area contributed by atoms with Crippen LogP contribution in [0.1, 0.15) is 63.6 Å². The lowest BCUT2D eigenvalue weighted by Gasteiger charge is -2.34. The van der Waals surface area contributed by atoms with Crippen molar-refractivity contribution >= 4 is 29.1 Å². The molecule has 2 fully saturated rings. The minimum Gasteiger partial charge on any atom is -0.372 e. The summed E-state index contributed by atoms with van der Waals surface area (Å²) in [5.74, 6) is -0.676. The molecule has 0 spiro atoms. The van der Waals surface area contributed by atoms with Crippen molar-refractivity contribution in [2.24, 2.45) is 0 Å². The second-order valence-corrected chi connectivity index (χ2v) is 13.0. The Morgan fingerprint density at radius 2 is 1.49 bits per heavy atom. The molecular weight excluding hydrogens is 657 g/mol. The number of piperazine rings is 1. The van der Waals surface area contributed by atoms with Crippen molar-refractivity contribution in [3.63, 3.8) is 0 Å². The van der Waals surface area contributed by atoms with Crippen molar-refractivity contribution in [1.29, 1.82) is 0 Å². The highest BCUT2D eigenvalue weighted by Crippen LogP contribution is 2.33. The van der Waals surface area contributed by atoms with Crippen LogP contribution in [0.25, 0.3) is 11.3 Å². The molecule has 0 atom stereocenters. The zero-order valence-electron chi connectivity index (χ0n) is 28.5. The molecule has 0 unspecified atom stereocenters. The summed E-state index contributed by atoms with van der Waals surface area (Å²) < 4.78 is 39.6. The first kappa shape index (κ1) is 35.6. The lowest BCUT2D eigenvalue weighted by Crippen LogP contribution is -2.47. The molecule has 3 aromatic carbocycles. The maximum Gasteiger partial charge on any atom is 0.416 e. The molecule has 4 aromatic rings. The smallest absolute Gasteiger partial charge is 0.372 e. The lowest BCUT2D eigenvalue weighted by atomic mass is 10.0. The van der Waals surface area contributed by atoms with Gasteiger partial charge in [-0.3, -0.25) is 24.3 Å². The van der Waals surface area contributed by atoms with Gasteiger partial charge in [0.2, 0.25) is 5.91 Å². The van der Waals surface area contributed by atoms with Crippen molar-refractivity contribution < 1.29 is 27.6 Å². The highest BCUT2D eigenvalue weighted by molar-refractivity contribution is 6.06. The van der Waals surface area contributed by atoms with Crippen molar-refractivity contribution in [3.8, 4) is 11.3 Å². The third kappa shape index (κ3) is 9.12. The summed E-state index contributed by atoms with van der Waals surface area (Å²) in [5.41, 5.74) is 3.93. The van der Waals surface area contributed by atoms with Crippen LogP contribution in [0.2, 0.25) is 0 Å². The van der Waals surface area contributed by atoms with E-state index in [4.69, 9.17) is 0 Å². The Morgan fingerprint density at radius 1 is 0.765 bits per heavy atom. The van der Waals surface area contributed by atoms with Gasteiger partial charge in [0.25, 0.3) is 11.8 Å². The Bertz CT molecular complexity index is 1880. The maximum atomic E-state index is 13.7. The molecule has 6 rings (SSSR count). The van der Waals surface area contributed by atoms with E-state index in [0.29, 0.717) is 47.7 Å². The molecule has 0 saturated carbocycles. The number of aromatic nitrogens is 1. The fourth-order valence-electron chi connectivity index (χ4n) is 6.55. The molecule has 2 N–H and O–H groups in total. The standard InChI is InChI=1S/C39H41F3N6O3/c1-27(49)47-19-17-46(18-20-47)26-29-8-5-9-30(21-29)38(51)45-35-12-11-33(48-15-3-2-4-16-48)24-34(35)36-23-31(13-14-43-36)37(50)44-25-28-7-6-10-32(22-28)39(40,41)42/h5-14,21-24H,2-4,15-20,25-26H2,1H3,(H,44,50)(H,45,51). The summed E-state index contributed by atoms with van der Waals surface area (Å²) in [4.78, 5) is 49.6. The van der Waals surface area contributed by atoms with E-state index < -0.39 is 17.6 Å². The van der Waals surface area contributed by atoms with E-state index in [1.165, 1.54) is 24.8 Å². The lowest BCUT2D eigenvalue weighted by molar-refractivity contribution is -0.137. The van der Waals surface area contributed by atoms with Gasteiger partial charge in [-0.1, -0.05) is 24.3 Å². The molecule has 0 bridgehead atoms. The second kappa shape index (κ2) is 15.8. The van der Waals surface area contributed by atoms with Crippen molar-refractivity contribution in [1.82, 2.24) is 20.1 Å². The number of nitrogens with zero attached hydrogens (tertiary/aromatic N) is 4. The molecular formula is C39H41F3N6O3. The van der Waals surface area contributed by atoms with Gasteiger partial charge in [0.05, 0.1) is 16.9 Å². The van der Waals surface area contributed by atoms with Gasteiger partial charge in [-0.25, -0.2) is 0 Å². The molecule has 2 aliphatic rings. The first-order valence-electron chi connectivity index (χ1n) is 17.2. The molecule has 0 aliphatic carbocycles. The molecule has 1 aromatic heterocycles. The van der Waals surface area contributed by atoms with Crippen LogP contribution in [0, 0.1) is 0 Å². The maximum absolute atomic E-state index is 13.7. The average molecular weight is 699 g/mol. The predicted molar refractivity (Wildman–Crippen MR) is 190 cm³/mol. The Morgan fingerprint density at radius 3 is 2.24 bits per heavy atom. The Kier molecular flexibility index (Phi) is 11.0. The second-order valence-electron chi connectivity index (χ2n) is 13.0. The normalized spacial score (nSPS) is 15.4. The number of anilines is 2. The zero-order chi connectivity index (χ0) is 36.0. The number of carbonyl (C=O) groups excluding carboxylic acids is 3. The fraction of sp³-hybridized carbons (Fsp3) is 0.333. The van der Waals surface area contributed by atoms with E-state index in [2.05, 4.69) is 25.4 Å². The summed E-state index contributed by atoms with van der Waals surface area (Å²) in [6.45, 7) is 6.87. The number of nitrogens with one attached hydrogen (secondary N) is 2. The number of hydrogen-bond donors (Lipinski definition) is 2. The van der Waals surface area contributed by atoms with Gasteiger partial charge in [-0.15, -0.1) is 0 Å². The van der Waals surface area contributed by atoms with Crippen LogP contribution in [0.4, 0.5) is 24.5 Å². The average Bonchev–Trinajstić information content (AvgIpc) is 3.14. The number of hydrogen-bond acceptors (Lipinski definition) is 6. The van der Waals surface area contributed by atoms with Gasteiger partial charge in [-0.2, -0.15) is 13.2 Å². The van der Waals surface area contributed by atoms with Gasteiger partial charge in [0.1, 0.15) is 0 Å². The molecule has 12 heteroatoms. The van der Waals surface area contributed by atoms with Crippen LogP contribution in [0.5, 0.6) is 0 Å². The summed E-state index contributed by atoms with van der Waals surface area (Å²) >= 11 is 0. The predicted octanol–water partition coefficient (Wildman–Crippen LogP) is 6.60. The first-order chi connectivity index (χ1) is 24.5. The van der Waals surface area contributed by atoms with Gasteiger partial charge in [0, 0.05) is 87.9 Å². The minimum atomic E-state index is -4.48. The van der Waals surface area contributed by atoms with E-state index in [-0.39, 0.29) is 23.9 Å². The van der Waals surface area contributed by atoms with Crippen LogP contribution in [-0.2, 0) is 24.1 Å². The molecule has 2 aliphatic heterocycles. The molecule has 51 heavy (non-hydrogen) atoms. The summed E-state index contributed by atoms with van der Waals surface area (Å²) in [6, 6.07) is 21.3. The Hall–Kier alpha value is -5.23. The summed E-state index contributed by atoms with van der Waals surface area (Å²) in [6.07, 6.45) is 0.358. The monoisotopic (exact) mass is 698 g/mol. The largest absolute Gasteiger partial charge is 0.416 e. The minimum absolute atomic E-state index is 0.0795. The molecule has 266 valence electrons. The van der Waals surface area contributed by atoms with E-state index in [9.17, 15) is 27.6 Å². The fourth-order valence-corrected chi connectivity index (χ4v) is 6.55. The van der Waals surface area contributed by atoms with E-state index in [1.54, 1.807) is 25.1 Å². The van der Waals surface area contributed by atoms with Crippen molar-refractivity contribution in [2.45, 2.75) is 45.5 Å². The van der Waals surface area contributed by atoms with E-state index in [0.717, 1.165) is 62.4 Å². The van der Waals surface area contributed by atoms with Crippen LogP contribution in [0.3, 0.4) is 0 Å². The van der Waals surface area contributed by atoms with Gasteiger partial charge >= 0.3 is 6.18 Å². The highest BCUT2D eigenvalue weighted by atomic mass is 19.4. The van der Waals surface area contributed by atoms with Crippen LogP contribution in [0.15, 0.2) is 85.1 Å². The van der Waals surface area contributed by atoms with Gasteiger partial charge in [-0.05, 0) is 85.0 Å². The zero-order valence-corrected chi connectivity index (χ0v) is 28.5. The number of piperidine rings is 1. The highest BCUT2D eigenvalue weighted by Gasteiger charge is 2.30. The van der Waals surface area contributed by atoms with Crippen LogP contribution in [-0.4, -0.2) is 71.8 Å². The van der Waals surface area contributed by atoms with Gasteiger partial charge in [0.15, 0.2) is 0 Å². The number of alkyl halides is 3. The van der Waals surface area contributed by atoms with Crippen molar-refractivity contribution in [2.75, 3.05) is 49.5 Å². The molecule has 3 amide bonds. The number of halogens is 3. The molecule has 9 nitrogen and oxygen atoms in total. The number of carbonyl (C=O) groups is 3. The number of amides is 3. The summed E-state index contributed by atoms with van der Waals surface area (Å²) in [7, 11) is 0. The van der Waals surface area contributed by atoms with Crippen LogP contribution >= 0.6 is 0 Å². The van der Waals surface area contributed by atoms with E-state index >= 15 is 0 Å². The molecule has 3 heterocycles.